The van der Waals surface area contributed by atoms with Gasteiger partial charge in [-0.05, 0) is 25.1 Å². The fraction of sp³-hybridized carbons (Fsp3) is 0.286. The van der Waals surface area contributed by atoms with E-state index in [0.717, 1.165) is 0 Å². The Morgan fingerprint density at radius 1 is 1.26 bits per heavy atom. The van der Waals surface area contributed by atoms with Crippen LogP contribution in [0.15, 0.2) is 36.1 Å². The minimum atomic E-state index is -0.279. The predicted molar refractivity (Wildman–Crippen MR) is 74.8 cm³/mol. The first-order valence-electron chi connectivity index (χ1n) is 5.98. The lowest BCUT2D eigenvalue weighted by Gasteiger charge is -2.07. The smallest absolute Gasteiger partial charge is 0.251 e. The van der Waals surface area contributed by atoms with E-state index < -0.39 is 0 Å². The van der Waals surface area contributed by atoms with Crippen molar-refractivity contribution in [3.63, 3.8) is 0 Å². The molecule has 1 aromatic rings. The summed E-state index contributed by atoms with van der Waals surface area (Å²) in [5.41, 5.74) is 1.26. The van der Waals surface area contributed by atoms with Crippen LogP contribution in [0.2, 0.25) is 0 Å². The number of hydrogen-bond acceptors (Lipinski definition) is 3. The summed E-state index contributed by atoms with van der Waals surface area (Å²) in [6, 6.07) is 6.96. The number of hydrogen-bond donors (Lipinski definition) is 2. The molecule has 19 heavy (non-hydrogen) atoms. The van der Waals surface area contributed by atoms with Gasteiger partial charge in [0.05, 0.1) is 12.9 Å². The first-order chi connectivity index (χ1) is 9.05. The average molecular weight is 262 g/mol. The molecule has 0 fully saturated rings. The van der Waals surface area contributed by atoms with Gasteiger partial charge in [-0.15, -0.1) is 0 Å². The second kappa shape index (κ2) is 7.20. The molecule has 0 aliphatic carbocycles. The Hall–Kier alpha value is -2.30. The van der Waals surface area contributed by atoms with Crippen molar-refractivity contribution in [2.45, 2.75) is 20.3 Å². The lowest BCUT2D eigenvalue weighted by atomic mass is 10.2. The topological polar surface area (TPSA) is 67.4 Å². The maximum Gasteiger partial charge on any atom is 0.251 e. The standard InChI is InChI=1S/C14H18N2O3/c1-4-13(17)15-11-6-5-7-12(9-11)16-14(18)8-10(2)19-3/h5-9H,4H2,1-3H3,(H,15,17)(H,16,18)/b10-8-. The van der Waals surface area contributed by atoms with Gasteiger partial charge in [0.25, 0.3) is 5.91 Å². The lowest BCUT2D eigenvalue weighted by Crippen LogP contribution is -2.11. The molecule has 2 amide bonds. The van der Waals surface area contributed by atoms with E-state index in [4.69, 9.17) is 4.74 Å². The van der Waals surface area contributed by atoms with Gasteiger partial charge >= 0.3 is 0 Å². The summed E-state index contributed by atoms with van der Waals surface area (Å²) in [6.07, 6.45) is 1.77. The Bertz CT molecular complexity index is 495. The van der Waals surface area contributed by atoms with Gasteiger partial charge in [-0.1, -0.05) is 13.0 Å². The average Bonchev–Trinajstić information content (AvgIpc) is 2.38. The molecule has 0 aliphatic rings. The number of carbonyl (C=O) groups is 2. The summed E-state index contributed by atoms with van der Waals surface area (Å²) in [5, 5.41) is 5.42. The Labute approximate surface area is 112 Å². The molecule has 0 heterocycles. The van der Waals surface area contributed by atoms with Gasteiger partial charge in [0.1, 0.15) is 0 Å². The van der Waals surface area contributed by atoms with Crippen LogP contribution in [-0.2, 0) is 14.3 Å². The lowest BCUT2D eigenvalue weighted by molar-refractivity contribution is -0.116. The summed E-state index contributed by atoms with van der Waals surface area (Å²) in [5.74, 6) is 0.171. The second-order valence-corrected chi connectivity index (χ2v) is 3.93. The number of benzene rings is 1. The number of ether oxygens (including phenoxy) is 1. The summed E-state index contributed by atoms with van der Waals surface area (Å²) in [4.78, 5) is 22.9. The van der Waals surface area contributed by atoms with Gasteiger partial charge in [0, 0.05) is 23.9 Å². The molecule has 0 saturated carbocycles. The van der Waals surface area contributed by atoms with Gasteiger partial charge in [-0.3, -0.25) is 9.59 Å². The molecule has 0 saturated heterocycles. The zero-order chi connectivity index (χ0) is 14.3. The highest BCUT2D eigenvalue weighted by atomic mass is 16.5. The van der Waals surface area contributed by atoms with Crippen LogP contribution < -0.4 is 10.6 Å². The number of rotatable bonds is 5. The molecule has 1 rings (SSSR count). The largest absolute Gasteiger partial charge is 0.501 e. The van der Waals surface area contributed by atoms with E-state index in [0.29, 0.717) is 23.6 Å². The first kappa shape index (κ1) is 14.8. The molecule has 0 spiro atoms. The van der Waals surface area contributed by atoms with Crippen molar-refractivity contribution in [2.75, 3.05) is 17.7 Å². The third kappa shape index (κ3) is 5.25. The Kier molecular flexibility index (Phi) is 5.60. The Balaban J connectivity index is 2.72. The number of allylic oxidation sites excluding steroid dienone is 1. The number of amides is 2. The van der Waals surface area contributed by atoms with Gasteiger partial charge in [-0.25, -0.2) is 0 Å². The molecule has 2 N–H and O–H groups in total. The van der Waals surface area contributed by atoms with E-state index >= 15 is 0 Å². The molecule has 0 aliphatic heterocycles. The predicted octanol–water partition coefficient (Wildman–Crippen LogP) is 2.52. The van der Waals surface area contributed by atoms with Crippen LogP contribution in [0, 0.1) is 0 Å². The highest BCUT2D eigenvalue weighted by Gasteiger charge is 2.03. The third-order valence-electron chi connectivity index (χ3n) is 2.39. The quantitative estimate of drug-likeness (QED) is 0.633. The van der Waals surface area contributed by atoms with Crippen molar-refractivity contribution in [2.24, 2.45) is 0 Å². The zero-order valence-electron chi connectivity index (χ0n) is 11.3. The number of anilines is 2. The summed E-state index contributed by atoms with van der Waals surface area (Å²) >= 11 is 0. The normalized spacial score (nSPS) is 10.8. The van der Waals surface area contributed by atoms with E-state index in [1.807, 2.05) is 0 Å². The third-order valence-corrected chi connectivity index (χ3v) is 2.39. The Morgan fingerprint density at radius 3 is 2.47 bits per heavy atom. The molecule has 0 radical (unpaired) electrons. The van der Waals surface area contributed by atoms with Gasteiger partial charge < -0.3 is 15.4 Å². The SMILES string of the molecule is CCC(=O)Nc1cccc(NC(=O)/C=C(/C)OC)c1. The van der Waals surface area contributed by atoms with Crippen LogP contribution in [0.4, 0.5) is 11.4 Å². The molecular formula is C14H18N2O3. The minimum absolute atomic E-state index is 0.0707. The van der Waals surface area contributed by atoms with Crippen LogP contribution >= 0.6 is 0 Å². The van der Waals surface area contributed by atoms with E-state index in [1.54, 1.807) is 38.1 Å². The van der Waals surface area contributed by atoms with E-state index in [-0.39, 0.29) is 11.8 Å². The molecule has 5 heteroatoms. The van der Waals surface area contributed by atoms with Crippen LogP contribution in [0.3, 0.4) is 0 Å². The van der Waals surface area contributed by atoms with Crippen LogP contribution in [0.25, 0.3) is 0 Å². The molecule has 102 valence electrons. The van der Waals surface area contributed by atoms with Crippen molar-refractivity contribution in [1.82, 2.24) is 0 Å². The van der Waals surface area contributed by atoms with Gasteiger partial charge in [0.15, 0.2) is 0 Å². The zero-order valence-corrected chi connectivity index (χ0v) is 11.3. The van der Waals surface area contributed by atoms with Crippen molar-refractivity contribution >= 4 is 23.2 Å². The number of methoxy groups -OCH3 is 1. The molecular weight excluding hydrogens is 244 g/mol. The number of carbonyl (C=O) groups excluding carboxylic acids is 2. The minimum Gasteiger partial charge on any atom is -0.501 e. The van der Waals surface area contributed by atoms with Crippen molar-refractivity contribution in [3.8, 4) is 0 Å². The van der Waals surface area contributed by atoms with Gasteiger partial charge in [-0.2, -0.15) is 0 Å². The van der Waals surface area contributed by atoms with Crippen molar-refractivity contribution < 1.29 is 14.3 Å². The van der Waals surface area contributed by atoms with Crippen LogP contribution in [-0.4, -0.2) is 18.9 Å². The summed E-state index contributed by atoms with van der Waals surface area (Å²) in [7, 11) is 1.50. The molecule has 0 unspecified atom stereocenters. The highest BCUT2D eigenvalue weighted by molar-refractivity contribution is 6.00. The summed E-state index contributed by atoms with van der Waals surface area (Å²) in [6.45, 7) is 3.47. The van der Waals surface area contributed by atoms with E-state index in [9.17, 15) is 9.59 Å². The summed E-state index contributed by atoms with van der Waals surface area (Å²) < 4.78 is 4.89. The molecule has 0 atom stereocenters. The monoisotopic (exact) mass is 262 g/mol. The number of nitrogens with one attached hydrogen (secondary N) is 2. The maximum absolute atomic E-state index is 11.6. The fourth-order valence-corrected chi connectivity index (χ4v) is 1.35. The second-order valence-electron chi connectivity index (χ2n) is 3.93. The van der Waals surface area contributed by atoms with Crippen LogP contribution in [0.5, 0.6) is 0 Å². The van der Waals surface area contributed by atoms with Crippen molar-refractivity contribution in [3.05, 3.63) is 36.1 Å². The highest BCUT2D eigenvalue weighted by Crippen LogP contribution is 2.15. The Morgan fingerprint density at radius 2 is 1.89 bits per heavy atom. The molecule has 5 nitrogen and oxygen atoms in total. The molecule has 1 aromatic carbocycles. The fourth-order valence-electron chi connectivity index (χ4n) is 1.35. The van der Waals surface area contributed by atoms with Gasteiger partial charge in [0.2, 0.25) is 5.91 Å². The molecule has 0 aromatic heterocycles. The molecule has 0 bridgehead atoms. The van der Waals surface area contributed by atoms with E-state index in [1.165, 1.54) is 13.2 Å². The van der Waals surface area contributed by atoms with Crippen LogP contribution in [0.1, 0.15) is 20.3 Å². The maximum atomic E-state index is 11.6. The van der Waals surface area contributed by atoms with E-state index in [2.05, 4.69) is 10.6 Å². The first-order valence-corrected chi connectivity index (χ1v) is 5.98. The van der Waals surface area contributed by atoms with Crippen molar-refractivity contribution in [1.29, 1.82) is 0 Å².